The molecule has 4 nitrogen and oxygen atoms in total. The van der Waals surface area contributed by atoms with Gasteiger partial charge in [0, 0.05) is 12.2 Å². The molecule has 0 radical (unpaired) electrons. The first-order valence-corrected chi connectivity index (χ1v) is 5.96. The van der Waals surface area contributed by atoms with Crippen LogP contribution < -0.4 is 5.32 Å². The van der Waals surface area contributed by atoms with Crippen molar-refractivity contribution in [2.45, 2.75) is 19.4 Å². The fourth-order valence-corrected chi connectivity index (χ4v) is 2.26. The lowest BCUT2D eigenvalue weighted by atomic mass is 10.0. The highest BCUT2D eigenvalue weighted by molar-refractivity contribution is 5.89. The van der Waals surface area contributed by atoms with E-state index in [0.717, 1.165) is 12.1 Å². The van der Waals surface area contributed by atoms with E-state index in [1.807, 2.05) is 30.3 Å². The molecule has 17 heavy (non-hydrogen) atoms. The van der Waals surface area contributed by atoms with Gasteiger partial charge in [0.05, 0.1) is 12.6 Å². The van der Waals surface area contributed by atoms with Crippen molar-refractivity contribution in [1.82, 2.24) is 4.90 Å². The number of nitrogens with zero attached hydrogens (tertiary/aromatic N) is 1. The number of rotatable bonds is 2. The smallest absolute Gasteiger partial charge is 0.322 e. The number of aliphatic hydroxyl groups is 1. The Bertz CT molecular complexity index is 380. The molecule has 1 aliphatic heterocycles. The monoisotopic (exact) mass is 234 g/mol. The number of carbonyl (C=O) groups is 1. The van der Waals surface area contributed by atoms with Gasteiger partial charge in [-0.3, -0.25) is 0 Å². The van der Waals surface area contributed by atoms with Crippen LogP contribution in [0.2, 0.25) is 0 Å². The van der Waals surface area contributed by atoms with Crippen molar-refractivity contribution in [3.05, 3.63) is 30.3 Å². The van der Waals surface area contributed by atoms with E-state index in [1.54, 1.807) is 4.90 Å². The van der Waals surface area contributed by atoms with Crippen LogP contribution in [0.1, 0.15) is 13.3 Å². The molecule has 2 N–H and O–H groups in total. The molecule has 0 aromatic heterocycles. The summed E-state index contributed by atoms with van der Waals surface area (Å²) in [6, 6.07) is 9.19. The van der Waals surface area contributed by atoms with Crippen molar-refractivity contribution in [2.75, 3.05) is 18.5 Å². The number of hydrogen-bond donors (Lipinski definition) is 2. The van der Waals surface area contributed by atoms with E-state index in [0.29, 0.717) is 12.5 Å². The molecule has 2 rings (SSSR count). The largest absolute Gasteiger partial charge is 0.394 e. The summed E-state index contributed by atoms with van der Waals surface area (Å²) < 4.78 is 0. The lowest BCUT2D eigenvalue weighted by Crippen LogP contribution is -2.42. The van der Waals surface area contributed by atoms with E-state index in [2.05, 4.69) is 12.2 Å². The Labute approximate surface area is 101 Å². The van der Waals surface area contributed by atoms with Crippen molar-refractivity contribution in [2.24, 2.45) is 5.92 Å². The lowest BCUT2D eigenvalue weighted by molar-refractivity contribution is 0.152. The minimum Gasteiger partial charge on any atom is -0.394 e. The summed E-state index contributed by atoms with van der Waals surface area (Å²) in [7, 11) is 0. The van der Waals surface area contributed by atoms with Gasteiger partial charge in [-0.2, -0.15) is 0 Å². The predicted octanol–water partition coefficient (Wildman–Crippen LogP) is 1.92. The summed E-state index contributed by atoms with van der Waals surface area (Å²) in [5.74, 6) is 0.363. The highest BCUT2D eigenvalue weighted by atomic mass is 16.3. The lowest BCUT2D eigenvalue weighted by Gasteiger charge is -2.25. The molecule has 0 spiro atoms. The summed E-state index contributed by atoms with van der Waals surface area (Å²) in [6.45, 7) is 2.81. The average Bonchev–Trinajstić information content (AvgIpc) is 2.71. The van der Waals surface area contributed by atoms with Gasteiger partial charge in [0.25, 0.3) is 0 Å². The quantitative estimate of drug-likeness (QED) is 0.821. The molecular formula is C13H18N2O2. The van der Waals surface area contributed by atoms with Crippen LogP contribution in [0.25, 0.3) is 0 Å². The minimum absolute atomic E-state index is 0.0311. The number of aliphatic hydroxyl groups excluding tert-OH is 1. The van der Waals surface area contributed by atoms with E-state index in [9.17, 15) is 9.90 Å². The molecule has 0 aliphatic carbocycles. The van der Waals surface area contributed by atoms with Gasteiger partial charge in [0.2, 0.25) is 0 Å². The number of likely N-dealkylation sites (tertiary alicyclic amines) is 1. The molecule has 1 saturated heterocycles. The number of anilines is 1. The third kappa shape index (κ3) is 2.58. The number of carbonyl (C=O) groups excluding carboxylic acids is 1. The zero-order valence-electron chi connectivity index (χ0n) is 9.97. The van der Waals surface area contributed by atoms with Crippen LogP contribution >= 0.6 is 0 Å². The van der Waals surface area contributed by atoms with Gasteiger partial charge in [-0.1, -0.05) is 25.1 Å². The molecule has 2 atom stereocenters. The molecule has 1 aliphatic rings. The Morgan fingerprint density at radius 3 is 2.82 bits per heavy atom. The van der Waals surface area contributed by atoms with Crippen molar-refractivity contribution in [1.29, 1.82) is 0 Å². The maximum atomic E-state index is 12.0. The highest BCUT2D eigenvalue weighted by Crippen LogP contribution is 2.24. The van der Waals surface area contributed by atoms with Crippen LogP contribution in [0, 0.1) is 5.92 Å². The van der Waals surface area contributed by atoms with Crippen LogP contribution in [-0.2, 0) is 0 Å². The third-order valence-corrected chi connectivity index (χ3v) is 3.36. The van der Waals surface area contributed by atoms with Crippen molar-refractivity contribution in [3.8, 4) is 0 Å². The molecule has 1 fully saturated rings. The normalized spacial score (nSPS) is 23.8. The van der Waals surface area contributed by atoms with Gasteiger partial charge in [-0.15, -0.1) is 0 Å². The molecule has 2 amide bonds. The van der Waals surface area contributed by atoms with E-state index >= 15 is 0 Å². The first-order chi connectivity index (χ1) is 8.22. The number of hydrogen-bond acceptors (Lipinski definition) is 2. The number of benzene rings is 1. The number of amides is 2. The van der Waals surface area contributed by atoms with Crippen LogP contribution in [-0.4, -0.2) is 35.2 Å². The Morgan fingerprint density at radius 2 is 2.18 bits per heavy atom. The predicted molar refractivity (Wildman–Crippen MR) is 66.8 cm³/mol. The Balaban J connectivity index is 2.01. The van der Waals surface area contributed by atoms with Crippen LogP contribution in [0.4, 0.5) is 10.5 Å². The summed E-state index contributed by atoms with van der Waals surface area (Å²) in [5, 5.41) is 12.1. The SMILES string of the molecule is CC1CCN(C(=O)Nc2ccccc2)C1CO. The van der Waals surface area contributed by atoms with Gasteiger partial charge in [0.1, 0.15) is 0 Å². The molecule has 92 valence electrons. The second kappa shape index (κ2) is 5.19. The summed E-state index contributed by atoms with van der Waals surface area (Å²) in [4.78, 5) is 13.8. The number of nitrogens with one attached hydrogen (secondary N) is 1. The number of urea groups is 1. The summed E-state index contributed by atoms with van der Waals surface area (Å²) >= 11 is 0. The average molecular weight is 234 g/mol. The van der Waals surface area contributed by atoms with Gasteiger partial charge < -0.3 is 15.3 Å². The van der Waals surface area contributed by atoms with Gasteiger partial charge in [-0.25, -0.2) is 4.79 Å². The van der Waals surface area contributed by atoms with Crippen molar-refractivity contribution in [3.63, 3.8) is 0 Å². The van der Waals surface area contributed by atoms with E-state index < -0.39 is 0 Å². The van der Waals surface area contributed by atoms with E-state index in [-0.39, 0.29) is 18.7 Å². The highest BCUT2D eigenvalue weighted by Gasteiger charge is 2.33. The first kappa shape index (κ1) is 11.9. The summed E-state index contributed by atoms with van der Waals surface area (Å²) in [5.41, 5.74) is 0.786. The molecule has 1 aromatic carbocycles. The Morgan fingerprint density at radius 1 is 1.47 bits per heavy atom. The topological polar surface area (TPSA) is 52.6 Å². The van der Waals surface area contributed by atoms with Crippen LogP contribution in [0.5, 0.6) is 0 Å². The van der Waals surface area contributed by atoms with Crippen molar-refractivity contribution < 1.29 is 9.90 Å². The van der Waals surface area contributed by atoms with E-state index in [1.165, 1.54) is 0 Å². The Kier molecular flexibility index (Phi) is 3.64. The molecular weight excluding hydrogens is 216 g/mol. The minimum atomic E-state index is -0.125. The van der Waals surface area contributed by atoms with Crippen LogP contribution in [0.15, 0.2) is 30.3 Å². The van der Waals surface area contributed by atoms with Crippen LogP contribution in [0.3, 0.4) is 0 Å². The molecule has 2 unspecified atom stereocenters. The van der Waals surface area contributed by atoms with Crippen molar-refractivity contribution >= 4 is 11.7 Å². The Hall–Kier alpha value is -1.55. The number of para-hydroxylation sites is 1. The second-order valence-electron chi connectivity index (χ2n) is 4.51. The summed E-state index contributed by atoms with van der Waals surface area (Å²) in [6.07, 6.45) is 0.952. The molecule has 0 bridgehead atoms. The second-order valence-corrected chi connectivity index (χ2v) is 4.51. The molecule has 1 aromatic rings. The molecule has 4 heteroatoms. The third-order valence-electron chi connectivity index (χ3n) is 3.36. The fraction of sp³-hybridized carbons (Fsp3) is 0.462. The van der Waals surface area contributed by atoms with Gasteiger partial charge in [-0.05, 0) is 24.5 Å². The fourth-order valence-electron chi connectivity index (χ4n) is 2.26. The molecule has 1 heterocycles. The zero-order valence-corrected chi connectivity index (χ0v) is 9.97. The van der Waals surface area contributed by atoms with Gasteiger partial charge >= 0.3 is 6.03 Å². The molecule has 0 saturated carbocycles. The van der Waals surface area contributed by atoms with Gasteiger partial charge in [0.15, 0.2) is 0 Å². The standard InChI is InChI=1S/C13H18N2O2/c1-10-7-8-15(12(10)9-16)13(17)14-11-5-3-2-4-6-11/h2-6,10,12,16H,7-9H2,1H3,(H,14,17). The maximum Gasteiger partial charge on any atom is 0.322 e. The maximum absolute atomic E-state index is 12.0. The first-order valence-electron chi connectivity index (χ1n) is 5.96. The van der Waals surface area contributed by atoms with E-state index in [4.69, 9.17) is 0 Å². The zero-order chi connectivity index (χ0) is 12.3.